The summed E-state index contributed by atoms with van der Waals surface area (Å²) in [6, 6.07) is 63.7. The van der Waals surface area contributed by atoms with Crippen LogP contribution in [0.5, 0.6) is 0 Å². The molecule has 1 heteroatoms. The molecule has 7 aliphatic rings. The van der Waals surface area contributed by atoms with Crippen LogP contribution in [0.15, 0.2) is 164 Å². The van der Waals surface area contributed by atoms with Crippen LogP contribution in [0.2, 0.25) is 0 Å². The molecule has 0 atom stereocenters. The number of hydrogen-bond acceptors (Lipinski definition) is 1. The van der Waals surface area contributed by atoms with Gasteiger partial charge in [-0.2, -0.15) is 0 Å². The molecule has 4 bridgehead atoms. The number of rotatable bonds is 5. The predicted octanol–water partition coefficient (Wildman–Crippen LogP) is 15.6. The zero-order chi connectivity index (χ0) is 41.6. The summed E-state index contributed by atoms with van der Waals surface area (Å²) in [6.45, 7) is 9.92. The molecule has 1 spiro atoms. The molecule has 0 aliphatic heterocycles. The van der Waals surface area contributed by atoms with Gasteiger partial charge in [0.05, 0.1) is 11.1 Å². The fourth-order valence-corrected chi connectivity index (χ4v) is 15.2. The van der Waals surface area contributed by atoms with Crippen LogP contribution in [0, 0.1) is 23.7 Å². The van der Waals surface area contributed by atoms with Crippen LogP contribution in [-0.2, 0) is 21.7 Å². The third-order valence-corrected chi connectivity index (χ3v) is 17.6. The molecule has 4 saturated carbocycles. The summed E-state index contributed by atoms with van der Waals surface area (Å²) in [5.74, 6) is 3.27. The van der Waals surface area contributed by atoms with Gasteiger partial charge in [-0.1, -0.05) is 161 Å². The lowest BCUT2D eigenvalue weighted by atomic mass is 9.43. The highest BCUT2D eigenvalue weighted by molar-refractivity contribution is 5.89. The third-order valence-electron chi connectivity index (χ3n) is 17.6. The zero-order valence-corrected chi connectivity index (χ0v) is 36.8. The van der Waals surface area contributed by atoms with Crippen molar-refractivity contribution in [2.24, 2.45) is 23.7 Å². The van der Waals surface area contributed by atoms with Gasteiger partial charge in [0.2, 0.25) is 0 Å². The summed E-state index contributed by atoms with van der Waals surface area (Å²) in [4.78, 5) is 2.67. The van der Waals surface area contributed by atoms with E-state index in [0.29, 0.717) is 0 Å². The van der Waals surface area contributed by atoms with Gasteiger partial charge in [0.25, 0.3) is 0 Å². The van der Waals surface area contributed by atoms with Crippen molar-refractivity contribution in [1.29, 1.82) is 0 Å². The first-order valence-electron chi connectivity index (χ1n) is 23.7. The largest absolute Gasteiger partial charge is 0.310 e. The van der Waals surface area contributed by atoms with Crippen LogP contribution >= 0.6 is 0 Å². The molecule has 14 rings (SSSR count). The molecule has 7 aromatic rings. The first-order valence-corrected chi connectivity index (χ1v) is 23.7. The molecule has 0 radical (unpaired) electrons. The standard InChI is InChI=1S/C61H57N/c1-58(2)31-32-59(3,4)57-54(58)23-14-24-56(57)62(46-29-30-50-49-19-10-13-22-53(49)61(55(50)38-46)43-34-39-33-40(36-43)37-44(61)35-39)45-27-25-42(26-28-45)60(41-15-6-5-7-16-41)51-20-11-8-17-47(51)48-18-9-12-21-52(48)60/h5-30,38-40,43-44H,31-37H2,1-4H3. The van der Waals surface area contributed by atoms with E-state index in [2.05, 4.69) is 196 Å². The van der Waals surface area contributed by atoms with Crippen molar-refractivity contribution in [3.05, 3.63) is 208 Å². The Labute approximate surface area is 368 Å². The molecule has 306 valence electrons. The van der Waals surface area contributed by atoms with Gasteiger partial charge in [0, 0.05) is 16.8 Å². The molecule has 0 N–H and O–H groups in total. The van der Waals surface area contributed by atoms with Gasteiger partial charge in [-0.15, -0.1) is 0 Å². The van der Waals surface area contributed by atoms with Gasteiger partial charge in [0.1, 0.15) is 0 Å². The first kappa shape index (κ1) is 36.9. The molecule has 0 unspecified atom stereocenters. The summed E-state index contributed by atoms with van der Waals surface area (Å²) in [6.07, 6.45) is 9.39. The van der Waals surface area contributed by atoms with Crippen LogP contribution in [0.25, 0.3) is 22.3 Å². The molecular formula is C61H57N. The predicted molar refractivity (Wildman–Crippen MR) is 257 cm³/mol. The van der Waals surface area contributed by atoms with Crippen molar-refractivity contribution < 1.29 is 0 Å². The summed E-state index contributed by atoms with van der Waals surface area (Å²) >= 11 is 0. The number of benzene rings is 7. The number of nitrogens with zero attached hydrogens (tertiary/aromatic N) is 1. The molecule has 1 nitrogen and oxygen atoms in total. The fourth-order valence-electron chi connectivity index (χ4n) is 15.2. The molecule has 4 fully saturated rings. The van der Waals surface area contributed by atoms with Gasteiger partial charge >= 0.3 is 0 Å². The smallest absolute Gasteiger partial charge is 0.0713 e. The Morgan fingerprint density at radius 2 is 0.903 bits per heavy atom. The molecule has 0 aromatic heterocycles. The maximum atomic E-state index is 2.70. The van der Waals surface area contributed by atoms with E-state index in [1.165, 1.54) is 118 Å². The Hall–Kier alpha value is -5.66. The van der Waals surface area contributed by atoms with E-state index in [0.717, 1.165) is 23.7 Å². The molecular weight excluding hydrogens is 747 g/mol. The second-order valence-electron chi connectivity index (χ2n) is 21.5. The Kier molecular flexibility index (Phi) is 7.72. The maximum absolute atomic E-state index is 2.70. The Bertz CT molecular complexity index is 2850. The van der Waals surface area contributed by atoms with Gasteiger partial charge in [-0.25, -0.2) is 0 Å². The van der Waals surface area contributed by atoms with Crippen molar-refractivity contribution >= 4 is 17.1 Å². The van der Waals surface area contributed by atoms with Gasteiger partial charge in [0.15, 0.2) is 0 Å². The number of hydrogen-bond donors (Lipinski definition) is 0. The molecule has 0 saturated heterocycles. The second-order valence-corrected chi connectivity index (χ2v) is 21.5. The zero-order valence-electron chi connectivity index (χ0n) is 36.8. The fraction of sp³-hybridized carbons (Fsp3) is 0.311. The lowest BCUT2D eigenvalue weighted by Gasteiger charge is -2.61. The van der Waals surface area contributed by atoms with Crippen molar-refractivity contribution in [2.75, 3.05) is 4.90 Å². The third kappa shape index (κ3) is 4.81. The normalized spacial score (nSPS) is 25.7. The van der Waals surface area contributed by atoms with Gasteiger partial charge < -0.3 is 4.90 Å². The molecule has 0 heterocycles. The SMILES string of the molecule is CC1(C)CCC(C)(C)c2c(N(c3ccc(C4(c5ccccc5)c5ccccc5-c5ccccc54)cc3)c3ccc4c(c3)C3(c5ccccc5-4)C4CC5CC(C4)CC3C5)cccc21. The van der Waals surface area contributed by atoms with Gasteiger partial charge in [-0.05, 0) is 177 Å². The van der Waals surface area contributed by atoms with Gasteiger partial charge in [-0.3, -0.25) is 0 Å². The van der Waals surface area contributed by atoms with E-state index in [-0.39, 0.29) is 16.2 Å². The van der Waals surface area contributed by atoms with E-state index < -0.39 is 5.41 Å². The van der Waals surface area contributed by atoms with Crippen LogP contribution in [-0.4, -0.2) is 0 Å². The Morgan fingerprint density at radius 1 is 0.403 bits per heavy atom. The van der Waals surface area contributed by atoms with Crippen molar-refractivity contribution in [2.45, 2.75) is 94.3 Å². The highest BCUT2D eigenvalue weighted by atomic mass is 15.1. The van der Waals surface area contributed by atoms with Crippen LogP contribution in [0.3, 0.4) is 0 Å². The average molecular weight is 804 g/mol. The highest BCUT2D eigenvalue weighted by Crippen LogP contribution is 2.70. The van der Waals surface area contributed by atoms with Crippen molar-refractivity contribution in [1.82, 2.24) is 0 Å². The quantitative estimate of drug-likeness (QED) is 0.168. The highest BCUT2D eigenvalue weighted by Gasteiger charge is 2.61. The lowest BCUT2D eigenvalue weighted by molar-refractivity contribution is -0.0399. The average Bonchev–Trinajstić information content (AvgIpc) is 3.76. The van der Waals surface area contributed by atoms with E-state index in [1.807, 2.05) is 0 Å². The topological polar surface area (TPSA) is 3.24 Å². The summed E-state index contributed by atoms with van der Waals surface area (Å²) < 4.78 is 0. The van der Waals surface area contributed by atoms with Crippen LogP contribution in [0.1, 0.15) is 117 Å². The second kappa shape index (κ2) is 12.9. The van der Waals surface area contributed by atoms with Crippen molar-refractivity contribution in [3.63, 3.8) is 0 Å². The molecule has 7 aliphatic carbocycles. The first-order chi connectivity index (χ1) is 30.2. The molecule has 7 aromatic carbocycles. The molecule has 0 amide bonds. The summed E-state index contributed by atoms with van der Waals surface area (Å²) in [7, 11) is 0. The lowest BCUT2D eigenvalue weighted by Crippen LogP contribution is -2.55. The molecule has 62 heavy (non-hydrogen) atoms. The number of fused-ring (bicyclic) bond motifs is 7. The van der Waals surface area contributed by atoms with Crippen molar-refractivity contribution in [3.8, 4) is 22.3 Å². The van der Waals surface area contributed by atoms with E-state index in [4.69, 9.17) is 0 Å². The number of anilines is 3. The maximum Gasteiger partial charge on any atom is 0.0713 e. The van der Waals surface area contributed by atoms with Crippen LogP contribution in [0.4, 0.5) is 17.1 Å². The van der Waals surface area contributed by atoms with E-state index in [1.54, 1.807) is 11.1 Å². The van der Waals surface area contributed by atoms with Crippen LogP contribution < -0.4 is 4.90 Å². The minimum Gasteiger partial charge on any atom is -0.310 e. The Morgan fingerprint density at radius 3 is 1.55 bits per heavy atom. The summed E-state index contributed by atoms with van der Waals surface area (Å²) in [5, 5.41) is 0. The van der Waals surface area contributed by atoms with E-state index >= 15 is 0 Å². The minimum absolute atomic E-state index is 0.0316. The summed E-state index contributed by atoms with van der Waals surface area (Å²) in [5.41, 5.74) is 20.8. The monoisotopic (exact) mass is 803 g/mol. The Balaban J connectivity index is 1.04. The minimum atomic E-state index is -0.430. The van der Waals surface area contributed by atoms with E-state index in [9.17, 15) is 0 Å².